The third-order valence-corrected chi connectivity index (χ3v) is 4.13. The van der Waals surface area contributed by atoms with Crippen LogP contribution < -0.4 is 4.90 Å². The number of ether oxygens (including phenoxy) is 1. The molecule has 0 aromatic heterocycles. The molecule has 1 aliphatic rings. The van der Waals surface area contributed by atoms with Crippen LogP contribution in [0.3, 0.4) is 0 Å². The summed E-state index contributed by atoms with van der Waals surface area (Å²) >= 11 is 6.15. The van der Waals surface area contributed by atoms with E-state index >= 15 is 0 Å². The summed E-state index contributed by atoms with van der Waals surface area (Å²) in [5.74, 6) is -0.469. The highest BCUT2D eigenvalue weighted by atomic mass is 35.5. The number of carbonyl (C=O) groups is 2. The predicted molar refractivity (Wildman–Crippen MR) is 84.6 cm³/mol. The van der Waals surface area contributed by atoms with Crippen molar-refractivity contribution in [1.82, 2.24) is 0 Å². The minimum Gasteiger partial charge on any atom is -0.465 e. The number of hydrogen-bond donors (Lipinski definition) is 0. The maximum atomic E-state index is 12.6. The molecular formula is C17H14ClNO3. The normalized spacial score (nSPS) is 13.7. The van der Waals surface area contributed by atoms with Crippen LogP contribution in [-0.4, -0.2) is 25.5 Å². The number of methoxy groups -OCH3 is 1. The fraction of sp³-hybridized carbons (Fsp3) is 0.176. The molecule has 22 heavy (non-hydrogen) atoms. The van der Waals surface area contributed by atoms with E-state index in [1.165, 1.54) is 7.11 Å². The SMILES string of the molecule is COC(=O)c1ccc(N2CCc3c(Cl)cccc3C2=O)cc1. The summed E-state index contributed by atoms with van der Waals surface area (Å²) in [6, 6.07) is 12.2. The molecule has 4 nitrogen and oxygen atoms in total. The first-order valence-electron chi connectivity index (χ1n) is 6.89. The molecule has 0 fully saturated rings. The molecule has 112 valence electrons. The molecule has 0 radical (unpaired) electrons. The molecule has 2 aromatic rings. The molecule has 1 aliphatic heterocycles. The number of carbonyl (C=O) groups excluding carboxylic acids is 2. The van der Waals surface area contributed by atoms with Gasteiger partial charge in [0.1, 0.15) is 0 Å². The van der Waals surface area contributed by atoms with Gasteiger partial charge in [0.25, 0.3) is 5.91 Å². The molecule has 2 aromatic carbocycles. The van der Waals surface area contributed by atoms with Crippen LogP contribution in [-0.2, 0) is 11.2 Å². The van der Waals surface area contributed by atoms with Gasteiger partial charge in [-0.2, -0.15) is 0 Å². The monoisotopic (exact) mass is 315 g/mol. The van der Waals surface area contributed by atoms with Gasteiger partial charge >= 0.3 is 5.97 Å². The van der Waals surface area contributed by atoms with Crippen molar-refractivity contribution in [2.75, 3.05) is 18.6 Å². The zero-order valence-electron chi connectivity index (χ0n) is 12.0. The highest BCUT2D eigenvalue weighted by molar-refractivity contribution is 6.32. The van der Waals surface area contributed by atoms with E-state index in [-0.39, 0.29) is 5.91 Å². The molecule has 0 saturated carbocycles. The molecule has 0 atom stereocenters. The van der Waals surface area contributed by atoms with E-state index in [9.17, 15) is 9.59 Å². The fourth-order valence-corrected chi connectivity index (χ4v) is 2.89. The zero-order valence-corrected chi connectivity index (χ0v) is 12.8. The van der Waals surface area contributed by atoms with Gasteiger partial charge in [-0.3, -0.25) is 4.79 Å². The van der Waals surface area contributed by atoms with E-state index < -0.39 is 5.97 Å². The largest absolute Gasteiger partial charge is 0.465 e. The zero-order chi connectivity index (χ0) is 15.7. The summed E-state index contributed by atoms with van der Waals surface area (Å²) < 4.78 is 4.67. The van der Waals surface area contributed by atoms with Gasteiger partial charge in [-0.05, 0) is 48.4 Å². The quantitative estimate of drug-likeness (QED) is 0.799. The van der Waals surface area contributed by atoms with E-state index in [1.807, 2.05) is 0 Å². The molecule has 0 bridgehead atoms. The van der Waals surface area contributed by atoms with Gasteiger partial charge in [0.05, 0.1) is 12.7 Å². The number of fused-ring (bicyclic) bond motifs is 1. The Balaban J connectivity index is 1.91. The average molecular weight is 316 g/mol. The smallest absolute Gasteiger partial charge is 0.337 e. The second-order valence-corrected chi connectivity index (χ2v) is 5.42. The number of benzene rings is 2. The lowest BCUT2D eigenvalue weighted by Crippen LogP contribution is -2.37. The topological polar surface area (TPSA) is 46.6 Å². The van der Waals surface area contributed by atoms with Crippen molar-refractivity contribution in [2.45, 2.75) is 6.42 Å². The van der Waals surface area contributed by atoms with Crippen LogP contribution in [0.5, 0.6) is 0 Å². The maximum Gasteiger partial charge on any atom is 0.337 e. The highest BCUT2D eigenvalue weighted by Gasteiger charge is 2.26. The predicted octanol–water partition coefficient (Wildman–Crippen LogP) is 3.33. The van der Waals surface area contributed by atoms with Crippen LogP contribution in [0.4, 0.5) is 5.69 Å². The second-order valence-electron chi connectivity index (χ2n) is 5.01. The van der Waals surface area contributed by atoms with Gasteiger partial charge in [0.15, 0.2) is 0 Å². The van der Waals surface area contributed by atoms with Gasteiger partial charge in [-0.1, -0.05) is 17.7 Å². The third kappa shape index (κ3) is 2.46. The van der Waals surface area contributed by atoms with Crippen LogP contribution >= 0.6 is 11.6 Å². The lowest BCUT2D eigenvalue weighted by atomic mass is 9.98. The molecule has 0 unspecified atom stereocenters. The fourth-order valence-electron chi connectivity index (χ4n) is 2.63. The number of halogens is 1. The Kier molecular flexibility index (Phi) is 3.86. The first-order valence-corrected chi connectivity index (χ1v) is 7.27. The summed E-state index contributed by atoms with van der Waals surface area (Å²) in [6.45, 7) is 0.563. The number of esters is 1. The van der Waals surface area contributed by atoms with Crippen LogP contribution in [0.15, 0.2) is 42.5 Å². The minimum absolute atomic E-state index is 0.0745. The second kappa shape index (κ2) is 5.81. The first-order chi connectivity index (χ1) is 10.6. The Bertz CT molecular complexity index is 740. The number of nitrogens with zero attached hydrogens (tertiary/aromatic N) is 1. The number of hydrogen-bond acceptors (Lipinski definition) is 3. The van der Waals surface area contributed by atoms with E-state index in [1.54, 1.807) is 47.4 Å². The van der Waals surface area contributed by atoms with Crippen LogP contribution in [0, 0.1) is 0 Å². The standard InChI is InChI=1S/C17H14ClNO3/c1-22-17(21)11-5-7-12(8-6-11)19-10-9-13-14(16(19)20)3-2-4-15(13)18/h2-8H,9-10H2,1H3. The van der Waals surface area contributed by atoms with Crippen LogP contribution in [0.2, 0.25) is 5.02 Å². The van der Waals surface area contributed by atoms with Crippen molar-refractivity contribution in [1.29, 1.82) is 0 Å². The van der Waals surface area contributed by atoms with E-state index in [0.717, 1.165) is 11.3 Å². The third-order valence-electron chi connectivity index (χ3n) is 3.78. The van der Waals surface area contributed by atoms with E-state index in [2.05, 4.69) is 4.74 Å². The van der Waals surface area contributed by atoms with Crippen molar-refractivity contribution < 1.29 is 14.3 Å². The summed E-state index contributed by atoms with van der Waals surface area (Å²) in [6.07, 6.45) is 0.708. The summed E-state index contributed by atoms with van der Waals surface area (Å²) in [5.41, 5.74) is 2.75. The van der Waals surface area contributed by atoms with Crippen molar-refractivity contribution in [3.63, 3.8) is 0 Å². The van der Waals surface area contributed by atoms with Crippen LogP contribution in [0.25, 0.3) is 0 Å². The molecule has 0 saturated heterocycles. The maximum absolute atomic E-state index is 12.6. The summed E-state index contributed by atoms with van der Waals surface area (Å²) in [4.78, 5) is 25.8. The molecule has 0 N–H and O–H groups in total. The number of amides is 1. The van der Waals surface area contributed by atoms with Crippen LogP contribution in [0.1, 0.15) is 26.3 Å². The molecule has 0 spiro atoms. The van der Waals surface area contributed by atoms with Gasteiger partial charge in [0, 0.05) is 22.8 Å². The van der Waals surface area contributed by atoms with Crippen molar-refractivity contribution in [3.05, 3.63) is 64.2 Å². The highest BCUT2D eigenvalue weighted by Crippen LogP contribution is 2.29. The van der Waals surface area contributed by atoms with Crippen molar-refractivity contribution >= 4 is 29.2 Å². The Hall–Kier alpha value is -2.33. The van der Waals surface area contributed by atoms with Gasteiger partial charge in [0.2, 0.25) is 0 Å². The Labute approximate surface area is 133 Å². The lowest BCUT2D eigenvalue weighted by molar-refractivity contribution is 0.0600. The van der Waals surface area contributed by atoms with Gasteiger partial charge in [-0.25, -0.2) is 4.79 Å². The molecule has 3 rings (SSSR count). The molecule has 0 aliphatic carbocycles. The molecule has 1 amide bonds. The summed E-state index contributed by atoms with van der Waals surface area (Å²) in [7, 11) is 1.34. The molecular weight excluding hydrogens is 302 g/mol. The Morgan fingerprint density at radius 3 is 2.59 bits per heavy atom. The summed E-state index contributed by atoms with van der Waals surface area (Å²) in [5, 5.41) is 0.631. The van der Waals surface area contributed by atoms with Gasteiger partial charge in [-0.15, -0.1) is 0 Å². The molecule has 1 heterocycles. The van der Waals surface area contributed by atoms with Crippen molar-refractivity contribution in [3.8, 4) is 0 Å². The van der Waals surface area contributed by atoms with E-state index in [4.69, 9.17) is 11.6 Å². The average Bonchev–Trinajstić information content (AvgIpc) is 2.55. The van der Waals surface area contributed by atoms with Crippen molar-refractivity contribution in [2.24, 2.45) is 0 Å². The lowest BCUT2D eigenvalue weighted by Gasteiger charge is -2.29. The number of rotatable bonds is 2. The molecule has 5 heteroatoms. The number of anilines is 1. The first kappa shape index (κ1) is 14.6. The Morgan fingerprint density at radius 2 is 1.91 bits per heavy atom. The Morgan fingerprint density at radius 1 is 1.18 bits per heavy atom. The minimum atomic E-state index is -0.395. The van der Waals surface area contributed by atoms with E-state index in [0.29, 0.717) is 29.1 Å². The van der Waals surface area contributed by atoms with Gasteiger partial charge < -0.3 is 9.64 Å².